The Hall–Kier alpha value is -1.32. The molecule has 1 unspecified atom stereocenters. The summed E-state index contributed by atoms with van der Waals surface area (Å²) in [6.45, 7) is 1.30. The summed E-state index contributed by atoms with van der Waals surface area (Å²) in [5.41, 5.74) is -1.47. The molecule has 16 heavy (non-hydrogen) atoms. The summed E-state index contributed by atoms with van der Waals surface area (Å²) >= 11 is 0. The Morgan fingerprint density at radius 3 is 2.31 bits per heavy atom. The molecule has 1 amide bonds. The van der Waals surface area contributed by atoms with Crippen molar-refractivity contribution in [2.45, 2.75) is 32.6 Å². The molecule has 0 fully saturated rings. The van der Waals surface area contributed by atoms with Gasteiger partial charge in [-0.1, -0.05) is 6.92 Å². The van der Waals surface area contributed by atoms with E-state index >= 15 is 0 Å². The summed E-state index contributed by atoms with van der Waals surface area (Å²) in [7, 11) is 0. The highest BCUT2D eigenvalue weighted by molar-refractivity contribution is 5.84. The van der Waals surface area contributed by atoms with Crippen molar-refractivity contribution >= 4 is 5.91 Å². The normalized spacial score (nSPS) is 15.4. The van der Waals surface area contributed by atoms with Crippen LogP contribution in [0.5, 0.6) is 0 Å². The number of carbonyl (C=O) groups is 1. The maximum atomic E-state index is 12.5. The van der Waals surface area contributed by atoms with Crippen LogP contribution in [-0.2, 0) is 4.79 Å². The van der Waals surface area contributed by atoms with Crippen LogP contribution in [0, 0.1) is 16.7 Å². The number of hydrogen-bond donors (Lipinski definition) is 1. The van der Waals surface area contributed by atoms with Crippen LogP contribution in [0.2, 0.25) is 0 Å². The van der Waals surface area contributed by atoms with Gasteiger partial charge in [-0.15, -0.1) is 0 Å². The van der Waals surface area contributed by atoms with Crippen molar-refractivity contribution in [3.8, 4) is 6.07 Å². The fourth-order valence-corrected chi connectivity index (χ4v) is 0.761. The Balaban J connectivity index is 4.45. The maximum Gasteiger partial charge on any atom is 0.324 e. The highest BCUT2D eigenvalue weighted by atomic mass is 19.3. The molecule has 0 rings (SSSR count). The lowest BCUT2D eigenvalue weighted by Crippen LogP contribution is -2.46. The summed E-state index contributed by atoms with van der Waals surface area (Å²) in [6, 6.07) is 1.65. The van der Waals surface area contributed by atoms with Gasteiger partial charge in [0.1, 0.15) is 5.41 Å². The molecule has 3 nitrogen and oxygen atoms in total. The fraction of sp³-hybridized carbons (Fsp3) is 0.778. The first kappa shape index (κ1) is 14.7. The molecule has 0 aromatic rings. The Morgan fingerprint density at radius 1 is 1.50 bits per heavy atom. The predicted octanol–water partition coefficient (Wildman–Crippen LogP) is 1.94. The first-order valence-electron chi connectivity index (χ1n) is 4.55. The standard InChI is InChI=1S/C9H12F4N2O/c1-3-8(2,4-14)7(16)15-5-9(12,13)6(10)11/h6H,3,5H2,1-2H3,(H,15,16). The molecule has 1 N–H and O–H groups in total. The number of hydrogen-bond acceptors (Lipinski definition) is 2. The van der Waals surface area contributed by atoms with Crippen molar-refractivity contribution < 1.29 is 22.4 Å². The van der Waals surface area contributed by atoms with Crippen molar-refractivity contribution in [1.82, 2.24) is 5.32 Å². The lowest BCUT2D eigenvalue weighted by molar-refractivity contribution is -0.140. The number of halogens is 4. The first-order valence-corrected chi connectivity index (χ1v) is 4.55. The SMILES string of the molecule is CCC(C)(C#N)C(=O)NCC(F)(F)C(F)F. The van der Waals surface area contributed by atoms with Gasteiger partial charge in [-0.05, 0) is 13.3 Å². The Labute approximate surface area is 90.4 Å². The Bertz CT molecular complexity index is 300. The van der Waals surface area contributed by atoms with E-state index in [-0.39, 0.29) is 6.42 Å². The van der Waals surface area contributed by atoms with Gasteiger partial charge in [0.25, 0.3) is 0 Å². The first-order chi connectivity index (χ1) is 7.19. The van der Waals surface area contributed by atoms with E-state index in [1.165, 1.54) is 13.8 Å². The second-order valence-electron chi connectivity index (χ2n) is 3.54. The van der Waals surface area contributed by atoms with Crippen molar-refractivity contribution in [2.24, 2.45) is 5.41 Å². The van der Waals surface area contributed by atoms with Crippen LogP contribution < -0.4 is 5.32 Å². The third-order valence-electron chi connectivity index (χ3n) is 2.26. The van der Waals surface area contributed by atoms with Crippen molar-refractivity contribution in [2.75, 3.05) is 6.54 Å². The van der Waals surface area contributed by atoms with Crippen LogP contribution in [0.4, 0.5) is 17.6 Å². The van der Waals surface area contributed by atoms with Crippen LogP contribution in [-0.4, -0.2) is 24.8 Å². The van der Waals surface area contributed by atoms with Crippen molar-refractivity contribution in [3.05, 3.63) is 0 Å². The highest BCUT2D eigenvalue weighted by Crippen LogP contribution is 2.23. The lowest BCUT2D eigenvalue weighted by Gasteiger charge is -2.21. The summed E-state index contributed by atoms with van der Waals surface area (Å²) in [5, 5.41) is 10.3. The topological polar surface area (TPSA) is 52.9 Å². The Morgan fingerprint density at radius 2 is 2.00 bits per heavy atom. The molecule has 0 bridgehead atoms. The minimum atomic E-state index is -4.28. The van der Waals surface area contributed by atoms with E-state index in [0.29, 0.717) is 0 Å². The average molecular weight is 240 g/mol. The number of nitriles is 1. The molecule has 0 aliphatic carbocycles. The molecule has 0 aromatic heterocycles. The van der Waals surface area contributed by atoms with Crippen molar-refractivity contribution in [3.63, 3.8) is 0 Å². The smallest absolute Gasteiger partial charge is 0.324 e. The lowest BCUT2D eigenvalue weighted by atomic mass is 9.88. The highest BCUT2D eigenvalue weighted by Gasteiger charge is 2.42. The third kappa shape index (κ3) is 3.36. The fourth-order valence-electron chi connectivity index (χ4n) is 0.761. The molecule has 1 atom stereocenters. The number of rotatable bonds is 5. The zero-order valence-corrected chi connectivity index (χ0v) is 8.86. The van der Waals surface area contributed by atoms with Crippen LogP contribution in [0.1, 0.15) is 20.3 Å². The summed E-state index contributed by atoms with van der Waals surface area (Å²) in [5.74, 6) is -5.25. The molecular formula is C9H12F4N2O. The van der Waals surface area contributed by atoms with Gasteiger partial charge >= 0.3 is 12.3 Å². The molecule has 7 heteroatoms. The molecule has 0 aliphatic heterocycles. The number of nitrogens with one attached hydrogen (secondary N) is 1. The van der Waals surface area contributed by atoms with Gasteiger partial charge in [-0.25, -0.2) is 8.78 Å². The summed E-state index contributed by atoms with van der Waals surface area (Å²) in [4.78, 5) is 11.3. The van der Waals surface area contributed by atoms with Crippen LogP contribution in [0.15, 0.2) is 0 Å². The number of alkyl halides is 4. The molecule has 92 valence electrons. The van der Waals surface area contributed by atoms with E-state index in [4.69, 9.17) is 5.26 Å². The number of carbonyl (C=O) groups excluding carboxylic acids is 1. The quantitative estimate of drug-likeness (QED) is 0.746. The van der Waals surface area contributed by atoms with Gasteiger partial charge in [0.2, 0.25) is 5.91 Å². The minimum Gasteiger partial charge on any atom is -0.348 e. The van der Waals surface area contributed by atoms with E-state index in [9.17, 15) is 22.4 Å². The molecule has 0 spiro atoms. The largest absolute Gasteiger partial charge is 0.348 e. The van der Waals surface area contributed by atoms with Crippen LogP contribution >= 0.6 is 0 Å². The zero-order valence-electron chi connectivity index (χ0n) is 8.86. The van der Waals surface area contributed by atoms with E-state index < -0.39 is 30.2 Å². The van der Waals surface area contributed by atoms with E-state index in [2.05, 4.69) is 0 Å². The van der Waals surface area contributed by atoms with Crippen LogP contribution in [0.3, 0.4) is 0 Å². The second kappa shape index (κ2) is 5.14. The zero-order chi connectivity index (χ0) is 13.0. The van der Waals surface area contributed by atoms with E-state index in [1.54, 1.807) is 11.4 Å². The molecule has 0 saturated carbocycles. The second-order valence-corrected chi connectivity index (χ2v) is 3.54. The van der Waals surface area contributed by atoms with Gasteiger partial charge in [-0.2, -0.15) is 14.0 Å². The molecule has 0 aromatic carbocycles. The molecule has 0 aliphatic rings. The predicted molar refractivity (Wildman–Crippen MR) is 48.0 cm³/mol. The summed E-state index contributed by atoms with van der Waals surface area (Å²) < 4.78 is 48.4. The monoisotopic (exact) mass is 240 g/mol. The summed E-state index contributed by atoms with van der Waals surface area (Å²) in [6.07, 6.45) is -3.74. The Kier molecular flexibility index (Phi) is 4.72. The van der Waals surface area contributed by atoms with Gasteiger partial charge in [0.15, 0.2) is 0 Å². The number of amides is 1. The van der Waals surface area contributed by atoms with E-state index in [0.717, 1.165) is 0 Å². The molecular weight excluding hydrogens is 228 g/mol. The molecule has 0 radical (unpaired) electrons. The van der Waals surface area contributed by atoms with Gasteiger partial charge < -0.3 is 5.32 Å². The van der Waals surface area contributed by atoms with E-state index in [1.807, 2.05) is 0 Å². The van der Waals surface area contributed by atoms with Crippen molar-refractivity contribution in [1.29, 1.82) is 5.26 Å². The van der Waals surface area contributed by atoms with Gasteiger partial charge in [0.05, 0.1) is 12.6 Å². The average Bonchev–Trinajstić information content (AvgIpc) is 2.24. The third-order valence-corrected chi connectivity index (χ3v) is 2.26. The van der Waals surface area contributed by atoms with Crippen LogP contribution in [0.25, 0.3) is 0 Å². The van der Waals surface area contributed by atoms with Gasteiger partial charge in [-0.3, -0.25) is 4.79 Å². The van der Waals surface area contributed by atoms with Gasteiger partial charge in [0, 0.05) is 0 Å². The molecule has 0 saturated heterocycles. The molecule has 0 heterocycles. The minimum absolute atomic E-state index is 0.107. The maximum absolute atomic E-state index is 12.5. The number of nitrogens with zero attached hydrogens (tertiary/aromatic N) is 1.